The topological polar surface area (TPSA) is 75.9 Å². The van der Waals surface area contributed by atoms with Gasteiger partial charge in [-0.25, -0.2) is 4.79 Å². The lowest BCUT2D eigenvalue weighted by atomic mass is 10.3. The molecule has 0 aliphatic heterocycles. The highest BCUT2D eigenvalue weighted by molar-refractivity contribution is 5.89. The highest BCUT2D eigenvalue weighted by atomic mass is 16.2. The van der Waals surface area contributed by atoms with E-state index >= 15 is 0 Å². The molecule has 2 heterocycles. The number of nitrogens with one attached hydrogen (secondary N) is 1. The van der Waals surface area contributed by atoms with Crippen LogP contribution in [0, 0.1) is 0 Å². The van der Waals surface area contributed by atoms with Gasteiger partial charge in [0.05, 0.1) is 30.3 Å². The minimum Gasteiger partial charge on any atom is -0.322 e. The molecular weight excluding hydrogens is 292 g/mol. The van der Waals surface area contributed by atoms with E-state index in [0.717, 1.165) is 11.4 Å². The number of pyridine rings is 1. The first-order valence-corrected chi connectivity index (χ1v) is 7.11. The summed E-state index contributed by atoms with van der Waals surface area (Å²) in [6, 6.07) is 12.7. The summed E-state index contributed by atoms with van der Waals surface area (Å²) in [5.41, 5.74) is 2.37. The maximum atomic E-state index is 12.2. The maximum Gasteiger partial charge on any atom is 0.321 e. The molecule has 0 fully saturated rings. The van der Waals surface area contributed by atoms with Crippen molar-refractivity contribution in [2.24, 2.45) is 0 Å². The monoisotopic (exact) mass is 308 g/mol. The van der Waals surface area contributed by atoms with Crippen molar-refractivity contribution >= 4 is 11.7 Å². The third-order valence-corrected chi connectivity index (χ3v) is 3.24. The van der Waals surface area contributed by atoms with Crippen molar-refractivity contribution in [3.63, 3.8) is 0 Å². The average Bonchev–Trinajstić information content (AvgIpc) is 3.11. The molecular formula is C16H16N6O. The van der Waals surface area contributed by atoms with Gasteiger partial charge < -0.3 is 10.2 Å². The molecule has 1 aromatic carbocycles. The van der Waals surface area contributed by atoms with Crippen LogP contribution in [0.5, 0.6) is 0 Å². The Bertz CT molecular complexity index is 755. The third kappa shape index (κ3) is 3.70. The maximum absolute atomic E-state index is 12.2. The Morgan fingerprint density at radius 3 is 2.48 bits per heavy atom. The molecule has 0 aliphatic rings. The molecule has 0 bridgehead atoms. The Hall–Kier alpha value is -3.22. The van der Waals surface area contributed by atoms with Crippen molar-refractivity contribution in [1.29, 1.82) is 0 Å². The Kier molecular flexibility index (Phi) is 4.28. The van der Waals surface area contributed by atoms with Crippen LogP contribution in [-0.2, 0) is 6.54 Å². The first-order valence-electron chi connectivity index (χ1n) is 7.11. The standard InChI is InChI=1S/C16H16N6O/c1-21(12-14-4-2-3-9-17-14)16(23)20-13-5-7-15(8-6-13)22-18-10-11-19-22/h2-11H,12H2,1H3,(H,20,23). The van der Waals surface area contributed by atoms with E-state index in [1.807, 2.05) is 42.5 Å². The van der Waals surface area contributed by atoms with Gasteiger partial charge in [0, 0.05) is 18.9 Å². The van der Waals surface area contributed by atoms with E-state index in [4.69, 9.17) is 0 Å². The summed E-state index contributed by atoms with van der Waals surface area (Å²) in [6.45, 7) is 0.446. The van der Waals surface area contributed by atoms with E-state index in [0.29, 0.717) is 12.2 Å². The Morgan fingerprint density at radius 2 is 1.83 bits per heavy atom. The van der Waals surface area contributed by atoms with Crippen LogP contribution < -0.4 is 5.32 Å². The molecule has 3 aromatic rings. The lowest BCUT2D eigenvalue weighted by Gasteiger charge is -2.17. The van der Waals surface area contributed by atoms with Gasteiger partial charge in [0.2, 0.25) is 0 Å². The van der Waals surface area contributed by atoms with Gasteiger partial charge in [-0.1, -0.05) is 6.07 Å². The smallest absolute Gasteiger partial charge is 0.321 e. The van der Waals surface area contributed by atoms with Crippen LogP contribution in [0.25, 0.3) is 5.69 Å². The Morgan fingerprint density at radius 1 is 1.09 bits per heavy atom. The minimum absolute atomic E-state index is 0.194. The number of carbonyl (C=O) groups is 1. The van der Waals surface area contributed by atoms with Crippen molar-refractivity contribution in [2.45, 2.75) is 6.54 Å². The van der Waals surface area contributed by atoms with Gasteiger partial charge in [-0.05, 0) is 36.4 Å². The molecule has 0 saturated heterocycles. The number of hydrogen-bond donors (Lipinski definition) is 1. The van der Waals surface area contributed by atoms with E-state index in [-0.39, 0.29) is 6.03 Å². The van der Waals surface area contributed by atoms with Gasteiger partial charge in [-0.3, -0.25) is 4.98 Å². The van der Waals surface area contributed by atoms with Crippen LogP contribution in [0.3, 0.4) is 0 Å². The zero-order chi connectivity index (χ0) is 16.1. The second-order valence-electron chi connectivity index (χ2n) is 4.97. The summed E-state index contributed by atoms with van der Waals surface area (Å²) in [5.74, 6) is 0. The quantitative estimate of drug-likeness (QED) is 0.802. The highest BCUT2D eigenvalue weighted by Crippen LogP contribution is 2.12. The number of amides is 2. The average molecular weight is 308 g/mol. The Labute approximate surface area is 133 Å². The molecule has 0 atom stereocenters. The fourth-order valence-corrected chi connectivity index (χ4v) is 2.05. The summed E-state index contributed by atoms with van der Waals surface area (Å²) in [7, 11) is 1.73. The lowest BCUT2D eigenvalue weighted by Crippen LogP contribution is -2.31. The summed E-state index contributed by atoms with van der Waals surface area (Å²) < 4.78 is 0. The molecule has 0 unspecified atom stereocenters. The van der Waals surface area contributed by atoms with Crippen molar-refractivity contribution in [3.8, 4) is 5.69 Å². The van der Waals surface area contributed by atoms with Crippen molar-refractivity contribution in [1.82, 2.24) is 24.9 Å². The number of nitrogens with zero attached hydrogens (tertiary/aromatic N) is 5. The van der Waals surface area contributed by atoms with Crippen LogP contribution in [0.2, 0.25) is 0 Å². The number of anilines is 1. The summed E-state index contributed by atoms with van der Waals surface area (Å²) in [4.78, 5) is 19.5. The molecule has 2 amide bonds. The number of carbonyl (C=O) groups excluding carboxylic acids is 1. The van der Waals surface area contributed by atoms with Gasteiger partial charge in [0.1, 0.15) is 0 Å². The first kappa shape index (κ1) is 14.7. The van der Waals surface area contributed by atoms with Crippen LogP contribution in [-0.4, -0.2) is 38.0 Å². The zero-order valence-corrected chi connectivity index (χ0v) is 12.6. The molecule has 0 radical (unpaired) electrons. The fourth-order valence-electron chi connectivity index (χ4n) is 2.05. The van der Waals surface area contributed by atoms with E-state index < -0.39 is 0 Å². The minimum atomic E-state index is -0.194. The van der Waals surface area contributed by atoms with E-state index in [1.165, 1.54) is 4.80 Å². The second-order valence-corrected chi connectivity index (χ2v) is 4.97. The largest absolute Gasteiger partial charge is 0.322 e. The molecule has 0 spiro atoms. The molecule has 7 heteroatoms. The normalized spacial score (nSPS) is 10.3. The molecule has 1 N–H and O–H groups in total. The van der Waals surface area contributed by atoms with Gasteiger partial charge in [-0.15, -0.1) is 0 Å². The summed E-state index contributed by atoms with van der Waals surface area (Å²) in [5, 5.41) is 11.0. The first-order chi connectivity index (χ1) is 11.2. The van der Waals surface area contributed by atoms with Gasteiger partial charge in [-0.2, -0.15) is 15.0 Å². The van der Waals surface area contributed by atoms with Crippen LogP contribution in [0.1, 0.15) is 5.69 Å². The molecule has 23 heavy (non-hydrogen) atoms. The van der Waals surface area contributed by atoms with Crippen molar-refractivity contribution < 1.29 is 4.79 Å². The van der Waals surface area contributed by atoms with Crippen LogP contribution in [0.4, 0.5) is 10.5 Å². The van der Waals surface area contributed by atoms with Crippen LogP contribution in [0.15, 0.2) is 61.1 Å². The third-order valence-electron chi connectivity index (χ3n) is 3.24. The van der Waals surface area contributed by atoms with E-state index in [1.54, 1.807) is 30.5 Å². The Balaban J connectivity index is 1.61. The molecule has 0 aliphatic carbocycles. The molecule has 0 saturated carbocycles. The van der Waals surface area contributed by atoms with Gasteiger partial charge in [0.15, 0.2) is 0 Å². The molecule has 7 nitrogen and oxygen atoms in total. The number of hydrogen-bond acceptors (Lipinski definition) is 4. The van der Waals surface area contributed by atoms with E-state index in [2.05, 4.69) is 20.5 Å². The number of aromatic nitrogens is 4. The predicted octanol–water partition coefficient (Wildman–Crippen LogP) is 2.33. The van der Waals surface area contributed by atoms with E-state index in [9.17, 15) is 4.79 Å². The molecule has 2 aromatic heterocycles. The SMILES string of the molecule is CN(Cc1ccccn1)C(=O)Nc1ccc(-n2nccn2)cc1. The fraction of sp³-hybridized carbons (Fsp3) is 0.125. The second kappa shape index (κ2) is 6.69. The lowest BCUT2D eigenvalue weighted by molar-refractivity contribution is 0.220. The van der Waals surface area contributed by atoms with Gasteiger partial charge >= 0.3 is 6.03 Å². The van der Waals surface area contributed by atoms with Crippen molar-refractivity contribution in [3.05, 3.63) is 66.7 Å². The number of rotatable bonds is 4. The number of benzene rings is 1. The zero-order valence-electron chi connectivity index (χ0n) is 12.6. The highest BCUT2D eigenvalue weighted by Gasteiger charge is 2.10. The van der Waals surface area contributed by atoms with Gasteiger partial charge in [0.25, 0.3) is 0 Å². The number of urea groups is 1. The van der Waals surface area contributed by atoms with Crippen molar-refractivity contribution in [2.75, 3.05) is 12.4 Å². The summed E-state index contributed by atoms with van der Waals surface area (Å²) >= 11 is 0. The predicted molar refractivity (Wildman–Crippen MR) is 86.1 cm³/mol. The van der Waals surface area contributed by atoms with Crippen LogP contribution >= 0.6 is 0 Å². The molecule has 116 valence electrons. The molecule has 3 rings (SSSR count). The summed E-state index contributed by atoms with van der Waals surface area (Å²) in [6.07, 6.45) is 4.94.